The molecular weight excluding hydrogens is 404 g/mol. The molecule has 1 aliphatic rings. The molecule has 1 aliphatic carbocycles. The van der Waals surface area contributed by atoms with Crippen LogP contribution in [0.3, 0.4) is 0 Å². The van der Waals surface area contributed by atoms with Crippen LogP contribution in [0.25, 0.3) is 0 Å². The van der Waals surface area contributed by atoms with E-state index < -0.39 is 0 Å². The minimum Gasteiger partial charge on any atom is -0.274 e. The zero-order chi connectivity index (χ0) is 20.4. The van der Waals surface area contributed by atoms with E-state index in [-0.39, 0.29) is 5.91 Å². The van der Waals surface area contributed by atoms with Crippen LogP contribution in [-0.2, 0) is 10.5 Å². The van der Waals surface area contributed by atoms with Crippen LogP contribution in [0.2, 0.25) is 0 Å². The second kappa shape index (κ2) is 8.62. The number of aryl methyl sites for hydroxylation is 2. The highest BCUT2D eigenvalue weighted by Gasteiger charge is 2.23. The van der Waals surface area contributed by atoms with Gasteiger partial charge in [-0.25, -0.2) is 9.67 Å². The van der Waals surface area contributed by atoms with Crippen LogP contribution < -0.4 is 4.90 Å². The predicted octanol–water partition coefficient (Wildman–Crippen LogP) is 4.84. The first-order valence-corrected chi connectivity index (χ1v) is 11.6. The van der Waals surface area contributed by atoms with Crippen LogP contribution >= 0.6 is 23.1 Å². The van der Waals surface area contributed by atoms with Crippen molar-refractivity contribution in [2.24, 2.45) is 0 Å². The number of hydrogen-bond acceptors (Lipinski definition) is 7. The van der Waals surface area contributed by atoms with Crippen LogP contribution in [0.1, 0.15) is 55.5 Å². The molecule has 2 heterocycles. The molecule has 0 saturated heterocycles. The number of carbonyl (C=O) groups is 1. The number of aromatic nitrogens is 5. The topological polar surface area (TPSA) is 76.8 Å². The molecule has 0 atom stereocenters. The largest absolute Gasteiger partial charge is 0.274 e. The molecule has 1 aromatic carbocycles. The summed E-state index contributed by atoms with van der Waals surface area (Å²) in [5.41, 5.74) is 4.03. The molecule has 152 valence electrons. The van der Waals surface area contributed by atoms with E-state index in [0.717, 1.165) is 34.9 Å². The Bertz CT molecular complexity index is 1010. The predicted molar refractivity (Wildman–Crippen MR) is 116 cm³/mol. The summed E-state index contributed by atoms with van der Waals surface area (Å²) in [5.74, 6) is 0.623. The average Bonchev–Trinajstić information content (AvgIpc) is 3.43. The molecule has 0 radical (unpaired) electrons. The Kier molecular flexibility index (Phi) is 5.96. The van der Waals surface area contributed by atoms with Crippen molar-refractivity contribution in [3.05, 3.63) is 40.4 Å². The number of hydrogen-bond donors (Lipinski definition) is 0. The lowest BCUT2D eigenvalue weighted by atomic mass is 10.1. The van der Waals surface area contributed by atoms with E-state index in [1.54, 1.807) is 23.6 Å². The van der Waals surface area contributed by atoms with Gasteiger partial charge in [-0.05, 0) is 48.7 Å². The lowest BCUT2D eigenvalue weighted by Gasteiger charge is -2.20. The first-order chi connectivity index (χ1) is 14.0. The minimum atomic E-state index is -0.0457. The van der Waals surface area contributed by atoms with E-state index >= 15 is 0 Å². The maximum Gasteiger partial charge on any atom is 0.230 e. The third-order valence-electron chi connectivity index (χ3n) is 5.12. The fourth-order valence-corrected chi connectivity index (χ4v) is 5.55. The van der Waals surface area contributed by atoms with Crippen molar-refractivity contribution in [2.45, 2.75) is 63.4 Å². The molecule has 0 unspecified atom stereocenters. The number of nitrogens with zero attached hydrogens (tertiary/aromatic N) is 6. The van der Waals surface area contributed by atoms with Crippen molar-refractivity contribution in [2.75, 3.05) is 4.90 Å². The van der Waals surface area contributed by atoms with E-state index in [9.17, 15) is 4.79 Å². The monoisotopic (exact) mass is 428 g/mol. The Hall–Kier alpha value is -2.26. The molecule has 2 aromatic heterocycles. The molecule has 29 heavy (non-hydrogen) atoms. The quantitative estimate of drug-likeness (QED) is 0.523. The van der Waals surface area contributed by atoms with Crippen molar-refractivity contribution in [1.29, 1.82) is 0 Å². The van der Waals surface area contributed by atoms with Gasteiger partial charge in [0.2, 0.25) is 11.1 Å². The molecule has 0 spiro atoms. The number of tetrazole rings is 1. The number of rotatable bonds is 6. The Morgan fingerprint density at radius 2 is 2.10 bits per heavy atom. The van der Waals surface area contributed by atoms with Crippen molar-refractivity contribution < 1.29 is 4.79 Å². The summed E-state index contributed by atoms with van der Waals surface area (Å²) in [5, 5.41) is 15.8. The summed E-state index contributed by atoms with van der Waals surface area (Å²) in [7, 11) is 0. The fraction of sp³-hybridized carbons (Fsp3) is 0.450. The van der Waals surface area contributed by atoms with Crippen LogP contribution in [0.4, 0.5) is 10.8 Å². The molecule has 0 bridgehead atoms. The molecule has 1 amide bonds. The molecule has 3 aromatic rings. The SMILES string of the molecule is CC(=O)N(c1nc(CSc2nnnn2C2CCCC2)cs1)c1ccc(C)cc1C. The molecule has 0 N–H and O–H groups in total. The molecule has 7 nitrogen and oxygen atoms in total. The smallest absolute Gasteiger partial charge is 0.230 e. The maximum atomic E-state index is 12.4. The van der Waals surface area contributed by atoms with Crippen molar-refractivity contribution in [3.8, 4) is 0 Å². The van der Waals surface area contributed by atoms with Gasteiger partial charge < -0.3 is 0 Å². The molecular formula is C20H24N6OS2. The van der Waals surface area contributed by atoms with Gasteiger partial charge in [-0.2, -0.15) is 0 Å². The van der Waals surface area contributed by atoms with Gasteiger partial charge in [-0.1, -0.05) is 42.3 Å². The van der Waals surface area contributed by atoms with Crippen molar-refractivity contribution in [3.63, 3.8) is 0 Å². The molecule has 0 aliphatic heterocycles. The van der Waals surface area contributed by atoms with Gasteiger partial charge in [0.05, 0.1) is 17.4 Å². The number of thiazole rings is 1. The zero-order valence-electron chi connectivity index (χ0n) is 16.8. The van der Waals surface area contributed by atoms with Crippen LogP contribution in [0, 0.1) is 13.8 Å². The number of carbonyl (C=O) groups excluding carboxylic acids is 1. The Balaban J connectivity index is 1.50. The maximum absolute atomic E-state index is 12.4. The van der Waals surface area contributed by atoms with Gasteiger partial charge in [0.15, 0.2) is 5.13 Å². The normalized spacial score (nSPS) is 14.4. The second-order valence-electron chi connectivity index (χ2n) is 7.40. The average molecular weight is 429 g/mol. The van der Waals surface area contributed by atoms with Gasteiger partial charge in [-0.15, -0.1) is 16.4 Å². The molecule has 9 heteroatoms. The molecule has 1 saturated carbocycles. The van der Waals surface area contributed by atoms with Crippen LogP contribution in [0.5, 0.6) is 0 Å². The summed E-state index contributed by atoms with van der Waals surface area (Å²) >= 11 is 3.08. The van der Waals surface area contributed by atoms with Gasteiger partial charge in [0, 0.05) is 18.1 Å². The van der Waals surface area contributed by atoms with Gasteiger partial charge >= 0.3 is 0 Å². The van der Waals surface area contributed by atoms with E-state index in [4.69, 9.17) is 4.98 Å². The summed E-state index contributed by atoms with van der Waals surface area (Å²) in [6.07, 6.45) is 4.76. The number of benzene rings is 1. The highest BCUT2D eigenvalue weighted by molar-refractivity contribution is 7.98. The van der Waals surface area contributed by atoms with E-state index in [0.29, 0.717) is 16.9 Å². The fourth-order valence-electron chi connectivity index (χ4n) is 3.73. The highest BCUT2D eigenvalue weighted by atomic mass is 32.2. The third-order valence-corrected chi connectivity index (χ3v) is 6.96. The van der Waals surface area contributed by atoms with Crippen molar-refractivity contribution in [1.82, 2.24) is 25.2 Å². The second-order valence-corrected chi connectivity index (χ2v) is 9.18. The van der Waals surface area contributed by atoms with Crippen molar-refractivity contribution >= 4 is 39.8 Å². The number of anilines is 2. The summed E-state index contributed by atoms with van der Waals surface area (Å²) in [6, 6.07) is 6.50. The van der Waals surface area contributed by atoms with E-state index in [1.807, 2.05) is 36.0 Å². The first kappa shape index (κ1) is 20.0. The Morgan fingerprint density at radius 1 is 1.31 bits per heavy atom. The number of amides is 1. The lowest BCUT2D eigenvalue weighted by Crippen LogP contribution is -2.23. The summed E-state index contributed by atoms with van der Waals surface area (Å²) in [4.78, 5) is 18.8. The summed E-state index contributed by atoms with van der Waals surface area (Å²) in [6.45, 7) is 5.64. The van der Waals surface area contributed by atoms with E-state index in [1.165, 1.54) is 29.7 Å². The summed E-state index contributed by atoms with van der Waals surface area (Å²) < 4.78 is 1.96. The van der Waals surface area contributed by atoms with Gasteiger partial charge in [0.25, 0.3) is 0 Å². The third kappa shape index (κ3) is 4.35. The van der Waals surface area contributed by atoms with E-state index in [2.05, 4.69) is 21.6 Å². The standard InChI is InChI=1S/C20H24N6OS2/c1-13-8-9-18(14(2)10-13)25(15(3)27)19-21-16(11-28-19)12-29-20-22-23-24-26(20)17-6-4-5-7-17/h8-11,17H,4-7,12H2,1-3H3. The zero-order valence-corrected chi connectivity index (χ0v) is 18.5. The van der Waals surface area contributed by atoms with Gasteiger partial charge in [-0.3, -0.25) is 9.69 Å². The lowest BCUT2D eigenvalue weighted by molar-refractivity contribution is -0.115. The minimum absolute atomic E-state index is 0.0457. The number of thioether (sulfide) groups is 1. The first-order valence-electron chi connectivity index (χ1n) is 9.76. The molecule has 4 rings (SSSR count). The van der Waals surface area contributed by atoms with Crippen LogP contribution in [0.15, 0.2) is 28.7 Å². The van der Waals surface area contributed by atoms with Gasteiger partial charge in [0.1, 0.15) is 0 Å². The highest BCUT2D eigenvalue weighted by Crippen LogP contribution is 2.34. The molecule has 1 fully saturated rings. The van der Waals surface area contributed by atoms with Crippen LogP contribution in [-0.4, -0.2) is 31.1 Å². The Labute approximate surface area is 178 Å². The Morgan fingerprint density at radius 3 is 2.83 bits per heavy atom.